The molecule has 0 radical (unpaired) electrons. The van der Waals surface area contributed by atoms with Crippen molar-refractivity contribution >= 4 is 22.5 Å². The Bertz CT molecular complexity index is 941. The third-order valence-electron chi connectivity index (χ3n) is 6.17. The van der Waals surface area contributed by atoms with Gasteiger partial charge >= 0.3 is 10.4 Å². The summed E-state index contributed by atoms with van der Waals surface area (Å²) in [6.45, 7) is 4.75. The number of benzene rings is 2. The van der Waals surface area contributed by atoms with Crippen LogP contribution in [-0.2, 0) is 15.2 Å². The molecule has 0 saturated carbocycles. The topological polar surface area (TPSA) is 107 Å². The molecule has 0 amide bonds. The van der Waals surface area contributed by atoms with Crippen molar-refractivity contribution in [2.75, 3.05) is 19.6 Å². The quantitative estimate of drug-likeness (QED) is 0.183. The molecule has 192 valence electrons. The molecule has 0 aliphatic carbocycles. The molecule has 1 aliphatic heterocycles. The van der Waals surface area contributed by atoms with Crippen LogP contribution in [0, 0.1) is 5.92 Å². The molecule has 0 unspecified atom stereocenters. The Morgan fingerprint density at radius 2 is 1.43 bits per heavy atom. The smallest absolute Gasteiger partial charge is 0.363 e. The van der Waals surface area contributed by atoms with Crippen LogP contribution in [0.4, 0.5) is 0 Å². The number of unbranched alkanes of at least 4 members (excludes halogenated alkanes) is 3. The van der Waals surface area contributed by atoms with Crippen LogP contribution in [0.5, 0.6) is 0 Å². The molecule has 8 heteroatoms. The van der Waals surface area contributed by atoms with Gasteiger partial charge in [0.1, 0.15) is 5.78 Å². The number of nitrogens with zero attached hydrogens (tertiary/aromatic N) is 2. The molecule has 0 aromatic heterocycles. The fraction of sp³-hybridized carbons (Fsp3) is 0.481. The van der Waals surface area contributed by atoms with Crippen molar-refractivity contribution in [1.82, 2.24) is 4.90 Å². The predicted octanol–water partition coefficient (Wildman–Crippen LogP) is 5.45. The van der Waals surface area contributed by atoms with Crippen molar-refractivity contribution in [2.24, 2.45) is 10.9 Å². The van der Waals surface area contributed by atoms with E-state index in [1.54, 1.807) is 6.92 Å². The number of piperidine rings is 1. The Morgan fingerprint density at radius 1 is 0.943 bits per heavy atom. The van der Waals surface area contributed by atoms with Crippen LogP contribution in [0.25, 0.3) is 0 Å². The van der Waals surface area contributed by atoms with Gasteiger partial charge in [-0.1, -0.05) is 73.5 Å². The second-order valence-corrected chi connectivity index (χ2v) is 9.90. The van der Waals surface area contributed by atoms with Gasteiger partial charge in [-0.05, 0) is 49.7 Å². The van der Waals surface area contributed by atoms with Gasteiger partial charge in [0.05, 0.1) is 6.34 Å². The molecule has 0 bridgehead atoms. The van der Waals surface area contributed by atoms with Crippen LogP contribution < -0.4 is 0 Å². The maximum atomic E-state index is 11.0. The summed E-state index contributed by atoms with van der Waals surface area (Å²) in [5, 5.41) is 0. The van der Waals surface area contributed by atoms with Gasteiger partial charge in [0.25, 0.3) is 0 Å². The molecule has 1 saturated heterocycles. The normalized spacial score (nSPS) is 14.7. The molecule has 2 aromatic carbocycles. The van der Waals surface area contributed by atoms with Crippen molar-refractivity contribution in [3.63, 3.8) is 0 Å². The summed E-state index contributed by atoms with van der Waals surface area (Å²) in [5.41, 5.74) is 2.86. The van der Waals surface area contributed by atoms with Gasteiger partial charge in [-0.25, -0.2) is 0 Å². The van der Waals surface area contributed by atoms with E-state index in [-0.39, 0.29) is 0 Å². The van der Waals surface area contributed by atoms with Crippen molar-refractivity contribution in [3.05, 3.63) is 71.8 Å². The highest BCUT2D eigenvalue weighted by Gasteiger charge is 2.28. The van der Waals surface area contributed by atoms with E-state index in [9.17, 15) is 4.79 Å². The number of hydrogen-bond acceptors (Lipinski definition) is 4. The minimum atomic E-state index is -4.67. The van der Waals surface area contributed by atoms with Crippen molar-refractivity contribution in [3.8, 4) is 0 Å². The zero-order valence-corrected chi connectivity index (χ0v) is 21.3. The molecular formula is C27H38N2O5S. The van der Waals surface area contributed by atoms with Gasteiger partial charge in [0.15, 0.2) is 0 Å². The molecule has 35 heavy (non-hydrogen) atoms. The molecule has 0 spiro atoms. The van der Waals surface area contributed by atoms with Crippen molar-refractivity contribution in [2.45, 2.75) is 57.8 Å². The van der Waals surface area contributed by atoms with E-state index in [1.165, 1.54) is 30.4 Å². The summed E-state index contributed by atoms with van der Waals surface area (Å²) in [4.78, 5) is 18.0. The van der Waals surface area contributed by atoms with E-state index >= 15 is 0 Å². The van der Waals surface area contributed by atoms with E-state index in [2.05, 4.69) is 76.9 Å². The Hall–Kier alpha value is -2.55. The molecule has 1 aliphatic rings. The fourth-order valence-electron chi connectivity index (χ4n) is 4.53. The first-order valence-corrected chi connectivity index (χ1v) is 13.7. The molecule has 7 nitrogen and oxygen atoms in total. The molecule has 3 rings (SSSR count). The number of carbonyl (C=O) groups excluding carboxylic acids is 1. The van der Waals surface area contributed by atoms with Gasteiger partial charge in [-0.15, -0.1) is 0 Å². The van der Waals surface area contributed by atoms with Gasteiger partial charge in [0.2, 0.25) is 0 Å². The summed E-state index contributed by atoms with van der Waals surface area (Å²) in [7, 11) is -4.67. The Kier molecular flexibility index (Phi) is 12.7. The minimum Gasteiger partial charge on any atom is -0.363 e. The number of aliphatic imine (C=N–C) groups is 1. The monoisotopic (exact) mass is 502 g/mol. The lowest BCUT2D eigenvalue weighted by atomic mass is 9.76. The van der Waals surface area contributed by atoms with Crippen molar-refractivity contribution in [1.29, 1.82) is 0 Å². The van der Waals surface area contributed by atoms with Gasteiger partial charge < -0.3 is 9.69 Å². The average Bonchev–Trinajstić information content (AvgIpc) is 2.82. The van der Waals surface area contributed by atoms with Crippen LogP contribution >= 0.6 is 0 Å². The number of rotatable bonds is 11. The molecule has 1 fully saturated rings. The first-order valence-electron chi connectivity index (χ1n) is 12.3. The first-order chi connectivity index (χ1) is 16.7. The van der Waals surface area contributed by atoms with Crippen LogP contribution in [0.3, 0.4) is 0 Å². The first kappa shape index (κ1) is 28.7. The van der Waals surface area contributed by atoms with Crippen molar-refractivity contribution < 1.29 is 22.3 Å². The van der Waals surface area contributed by atoms with Gasteiger partial charge in [-0.2, -0.15) is 8.42 Å². The second-order valence-electron chi connectivity index (χ2n) is 9.01. The maximum absolute atomic E-state index is 11.0. The molecule has 2 aromatic rings. The van der Waals surface area contributed by atoms with Crippen LogP contribution in [0.1, 0.15) is 68.9 Å². The molecule has 0 atom stereocenters. The maximum Gasteiger partial charge on any atom is 0.394 e. The Labute approximate surface area is 209 Å². The minimum absolute atomic E-state index is 0.304. The van der Waals surface area contributed by atoms with Gasteiger partial charge in [0, 0.05) is 32.0 Å². The zero-order valence-electron chi connectivity index (χ0n) is 20.5. The summed E-state index contributed by atoms with van der Waals surface area (Å²) >= 11 is 0. The Morgan fingerprint density at radius 3 is 1.91 bits per heavy atom. The van der Waals surface area contributed by atoms with E-state index in [0.717, 1.165) is 45.3 Å². The van der Waals surface area contributed by atoms with Crippen LogP contribution in [-0.4, -0.2) is 54.2 Å². The lowest BCUT2D eigenvalue weighted by molar-refractivity contribution is -0.117. The summed E-state index contributed by atoms with van der Waals surface area (Å²) in [6, 6.07) is 22.0. The third-order valence-corrected chi connectivity index (χ3v) is 6.17. The average molecular weight is 503 g/mol. The largest absolute Gasteiger partial charge is 0.394 e. The summed E-state index contributed by atoms with van der Waals surface area (Å²) in [5.74, 6) is 1.44. The molecule has 2 N–H and O–H groups in total. The summed E-state index contributed by atoms with van der Waals surface area (Å²) in [6.07, 6.45) is 9.66. The lowest BCUT2D eigenvalue weighted by Gasteiger charge is -2.36. The highest BCUT2D eigenvalue weighted by molar-refractivity contribution is 7.79. The second kappa shape index (κ2) is 15.4. The summed E-state index contributed by atoms with van der Waals surface area (Å²) < 4.78 is 31.6. The highest BCUT2D eigenvalue weighted by atomic mass is 32.3. The zero-order chi connectivity index (χ0) is 25.5. The lowest BCUT2D eigenvalue weighted by Crippen LogP contribution is -2.35. The fourth-order valence-corrected chi connectivity index (χ4v) is 4.53. The predicted molar refractivity (Wildman–Crippen MR) is 140 cm³/mol. The van der Waals surface area contributed by atoms with E-state index < -0.39 is 10.4 Å². The van der Waals surface area contributed by atoms with E-state index in [0.29, 0.717) is 17.6 Å². The number of ketones is 1. The molecular weight excluding hydrogens is 464 g/mol. The van der Waals surface area contributed by atoms with Crippen LogP contribution in [0.2, 0.25) is 0 Å². The number of hydrogen-bond donors (Lipinski definition) is 2. The Balaban J connectivity index is 0.000000784. The number of Topliss-reactive ketones (excluding diaryl/α,β-unsaturated/α-hetero) is 1. The van der Waals surface area contributed by atoms with E-state index in [1.807, 2.05) is 0 Å². The molecule has 1 heterocycles. The number of carbonyl (C=O) groups is 1. The standard InChI is InChI=1S/C27H36N2O.H2O4S/c1-23(30)12-6-2-3-11-19-28-22-29-20-17-26(18-21-29)27(24-13-7-4-8-14-24)25-15-9-5-10-16-25;1-5(2,3)4/h4-5,7-10,13-16,22,26-27H,2-3,6,11-12,17-21H2,1H3;(H2,1,2,3,4)/b28-22+;. The number of likely N-dealkylation sites (tertiary alicyclic amines) is 1. The van der Waals surface area contributed by atoms with Gasteiger partial charge in [-0.3, -0.25) is 14.1 Å². The van der Waals surface area contributed by atoms with Crippen LogP contribution in [0.15, 0.2) is 65.7 Å². The third kappa shape index (κ3) is 12.6. The highest BCUT2D eigenvalue weighted by Crippen LogP contribution is 2.37. The van der Waals surface area contributed by atoms with E-state index in [4.69, 9.17) is 17.5 Å². The SMILES string of the molecule is CC(=O)CCCCCC/N=C/N1CCC(C(c2ccccc2)c2ccccc2)CC1.O=S(=O)(O)O.